The van der Waals surface area contributed by atoms with Crippen molar-refractivity contribution >= 4 is 16.5 Å². The second-order valence-electron chi connectivity index (χ2n) is 3.11. The topological polar surface area (TPSA) is 38.9 Å². The number of hydrogen-bond acceptors (Lipinski definition) is 3. The molecule has 0 amide bonds. The van der Waals surface area contributed by atoms with Crippen LogP contribution in [0, 0.1) is 5.82 Å². The number of rotatable bonds is 2. The summed E-state index contributed by atoms with van der Waals surface area (Å²) in [5.41, 5.74) is 5.75. The van der Waals surface area contributed by atoms with E-state index in [1.54, 1.807) is 5.38 Å². The first-order chi connectivity index (χ1) is 7.58. The highest BCUT2D eigenvalue weighted by Crippen LogP contribution is 2.28. The molecule has 2 N–H and O–H groups in total. The maximum absolute atomic E-state index is 13.3. The van der Waals surface area contributed by atoms with Crippen molar-refractivity contribution in [3.05, 3.63) is 35.0 Å². The van der Waals surface area contributed by atoms with Crippen molar-refractivity contribution in [1.82, 2.24) is 4.98 Å². The predicted octanol–water partition coefficient (Wildman–Crippen LogP) is 3.47. The van der Waals surface area contributed by atoms with Gasteiger partial charge in [0, 0.05) is 10.9 Å². The third kappa shape index (κ3) is 2.01. The molecule has 0 aliphatic carbocycles. The van der Waals surface area contributed by atoms with Crippen molar-refractivity contribution in [1.29, 1.82) is 0 Å². The van der Waals surface area contributed by atoms with Crippen molar-refractivity contribution in [2.75, 3.05) is 5.73 Å². The molecule has 2 nitrogen and oxygen atoms in total. The number of hydrogen-bond donors (Lipinski definition) is 1. The van der Waals surface area contributed by atoms with Crippen LogP contribution in [0.1, 0.15) is 12.0 Å². The van der Waals surface area contributed by atoms with E-state index in [0.717, 1.165) is 12.1 Å². The molecule has 0 saturated heterocycles. The molecule has 0 unspecified atom stereocenters. The zero-order chi connectivity index (χ0) is 11.7. The van der Waals surface area contributed by atoms with Gasteiger partial charge in [0.1, 0.15) is 5.82 Å². The van der Waals surface area contributed by atoms with Gasteiger partial charge < -0.3 is 5.73 Å². The van der Waals surface area contributed by atoms with E-state index in [-0.39, 0.29) is 0 Å². The highest BCUT2D eigenvalue weighted by Gasteiger charge is 2.14. The summed E-state index contributed by atoms with van der Waals surface area (Å²) in [6.07, 6.45) is -2.81. The fraction of sp³-hybridized carbons (Fsp3) is 0.100. The number of alkyl halides is 2. The van der Waals surface area contributed by atoms with E-state index in [9.17, 15) is 13.2 Å². The summed E-state index contributed by atoms with van der Waals surface area (Å²) in [5.74, 6) is -0.931. The van der Waals surface area contributed by atoms with Crippen LogP contribution in [0.2, 0.25) is 0 Å². The van der Waals surface area contributed by atoms with Gasteiger partial charge in [-0.3, -0.25) is 0 Å². The number of aromatic nitrogens is 1. The number of nitrogens with zero attached hydrogens (tertiary/aromatic N) is 1. The summed E-state index contributed by atoms with van der Waals surface area (Å²) in [7, 11) is 0. The highest BCUT2D eigenvalue weighted by atomic mass is 32.1. The fourth-order valence-corrected chi connectivity index (χ4v) is 1.86. The first kappa shape index (κ1) is 10.9. The molecule has 0 atom stereocenters. The van der Waals surface area contributed by atoms with Crippen LogP contribution < -0.4 is 5.73 Å². The van der Waals surface area contributed by atoms with Gasteiger partial charge in [0.05, 0.1) is 11.3 Å². The second-order valence-corrected chi connectivity index (χ2v) is 4.00. The van der Waals surface area contributed by atoms with E-state index in [2.05, 4.69) is 4.98 Å². The smallest absolute Gasteiger partial charge is 0.266 e. The van der Waals surface area contributed by atoms with Crippen LogP contribution in [-0.2, 0) is 0 Å². The summed E-state index contributed by atoms with van der Waals surface area (Å²) >= 11 is 1.21. The minimum atomic E-state index is -2.81. The van der Waals surface area contributed by atoms with Gasteiger partial charge in [-0.25, -0.2) is 18.2 Å². The van der Waals surface area contributed by atoms with E-state index < -0.39 is 17.8 Å². The van der Waals surface area contributed by atoms with E-state index >= 15 is 0 Å². The van der Waals surface area contributed by atoms with Gasteiger partial charge in [-0.2, -0.15) is 0 Å². The Morgan fingerprint density at radius 1 is 1.31 bits per heavy atom. The Labute approximate surface area is 93.5 Å². The van der Waals surface area contributed by atoms with Gasteiger partial charge in [-0.1, -0.05) is 6.07 Å². The zero-order valence-corrected chi connectivity index (χ0v) is 8.77. The molecule has 1 heterocycles. The average Bonchev–Trinajstić information content (AvgIpc) is 2.64. The van der Waals surface area contributed by atoms with E-state index in [1.165, 1.54) is 17.4 Å². The van der Waals surface area contributed by atoms with Gasteiger partial charge in [0.15, 0.2) is 5.13 Å². The molecule has 84 valence electrons. The van der Waals surface area contributed by atoms with Crippen molar-refractivity contribution in [2.24, 2.45) is 0 Å². The van der Waals surface area contributed by atoms with Crippen LogP contribution in [0.5, 0.6) is 0 Å². The molecule has 0 fully saturated rings. The number of thiazole rings is 1. The molecule has 0 saturated carbocycles. The third-order valence-electron chi connectivity index (χ3n) is 2.05. The van der Waals surface area contributed by atoms with Crippen LogP contribution in [-0.4, -0.2) is 4.98 Å². The lowest BCUT2D eigenvalue weighted by Crippen LogP contribution is -1.91. The summed E-state index contributed by atoms with van der Waals surface area (Å²) < 4.78 is 37.8. The highest BCUT2D eigenvalue weighted by molar-refractivity contribution is 7.13. The lowest BCUT2D eigenvalue weighted by Gasteiger charge is -2.03. The van der Waals surface area contributed by atoms with Gasteiger partial charge in [-0.05, 0) is 12.1 Å². The van der Waals surface area contributed by atoms with Gasteiger partial charge >= 0.3 is 0 Å². The number of benzene rings is 1. The molecule has 0 aliphatic rings. The SMILES string of the molecule is Nc1nc(-c2ccc(C(F)F)c(F)c2)cs1. The van der Waals surface area contributed by atoms with E-state index in [1.807, 2.05) is 0 Å². The standard InChI is InChI=1S/C10H7F3N2S/c11-7-3-5(1-2-6(7)9(12)13)8-4-16-10(14)15-8/h1-4,9H,(H2,14,15). The minimum Gasteiger partial charge on any atom is -0.375 e. The van der Waals surface area contributed by atoms with Crippen LogP contribution >= 0.6 is 11.3 Å². The van der Waals surface area contributed by atoms with Crippen LogP contribution in [0.25, 0.3) is 11.3 Å². The number of nitrogens with two attached hydrogens (primary N) is 1. The second kappa shape index (κ2) is 4.13. The third-order valence-corrected chi connectivity index (χ3v) is 2.73. The van der Waals surface area contributed by atoms with E-state index in [0.29, 0.717) is 16.4 Å². The minimum absolute atomic E-state index is 0.355. The quantitative estimate of drug-likeness (QED) is 0.878. The molecule has 16 heavy (non-hydrogen) atoms. The first-order valence-electron chi connectivity index (χ1n) is 4.37. The number of nitrogen functional groups attached to an aromatic ring is 1. The number of anilines is 1. The Morgan fingerprint density at radius 2 is 2.06 bits per heavy atom. The average molecular weight is 244 g/mol. The Morgan fingerprint density at radius 3 is 2.56 bits per heavy atom. The maximum Gasteiger partial charge on any atom is 0.266 e. The molecule has 1 aromatic carbocycles. The Kier molecular flexibility index (Phi) is 2.82. The Balaban J connectivity index is 2.42. The molecular weight excluding hydrogens is 237 g/mol. The maximum atomic E-state index is 13.3. The molecule has 2 rings (SSSR count). The van der Waals surface area contributed by atoms with Crippen LogP contribution in [0.15, 0.2) is 23.6 Å². The van der Waals surface area contributed by atoms with Crippen molar-refractivity contribution < 1.29 is 13.2 Å². The van der Waals surface area contributed by atoms with Crippen LogP contribution in [0.3, 0.4) is 0 Å². The van der Waals surface area contributed by atoms with Gasteiger partial charge in [-0.15, -0.1) is 11.3 Å². The van der Waals surface area contributed by atoms with Crippen LogP contribution in [0.4, 0.5) is 18.3 Å². The van der Waals surface area contributed by atoms with Gasteiger partial charge in [0.25, 0.3) is 6.43 Å². The summed E-state index contributed by atoms with van der Waals surface area (Å²) in [6, 6.07) is 3.50. The molecule has 0 radical (unpaired) electrons. The molecule has 1 aromatic heterocycles. The summed E-state index contributed by atoms with van der Waals surface area (Å²) in [6.45, 7) is 0. The van der Waals surface area contributed by atoms with Crippen molar-refractivity contribution in [3.63, 3.8) is 0 Å². The lowest BCUT2D eigenvalue weighted by molar-refractivity contribution is 0.146. The summed E-state index contributed by atoms with van der Waals surface area (Å²) in [5, 5.41) is 2.00. The molecule has 0 aliphatic heterocycles. The zero-order valence-electron chi connectivity index (χ0n) is 7.95. The van der Waals surface area contributed by atoms with Gasteiger partial charge in [0.2, 0.25) is 0 Å². The molecule has 6 heteroatoms. The monoisotopic (exact) mass is 244 g/mol. The number of halogens is 3. The Bertz CT molecular complexity index is 511. The summed E-state index contributed by atoms with van der Waals surface area (Å²) in [4.78, 5) is 3.94. The first-order valence-corrected chi connectivity index (χ1v) is 5.25. The Hall–Kier alpha value is -1.56. The van der Waals surface area contributed by atoms with Crippen molar-refractivity contribution in [2.45, 2.75) is 6.43 Å². The molecular formula is C10H7F3N2S. The normalized spacial score (nSPS) is 11.0. The van der Waals surface area contributed by atoms with Crippen molar-refractivity contribution in [3.8, 4) is 11.3 Å². The lowest BCUT2D eigenvalue weighted by atomic mass is 10.1. The molecule has 0 spiro atoms. The fourth-order valence-electron chi connectivity index (χ4n) is 1.28. The predicted molar refractivity (Wildman–Crippen MR) is 56.9 cm³/mol. The largest absolute Gasteiger partial charge is 0.375 e. The van der Waals surface area contributed by atoms with E-state index in [4.69, 9.17) is 5.73 Å². The molecule has 0 bridgehead atoms. The molecule has 2 aromatic rings.